The number of hydrogen-bond donors (Lipinski definition) is 0. The Morgan fingerprint density at radius 2 is 2.00 bits per heavy atom. The molecule has 3 nitrogen and oxygen atoms in total. The van der Waals surface area contributed by atoms with E-state index in [0.29, 0.717) is 13.2 Å². The second kappa shape index (κ2) is 8.27. The van der Waals surface area contributed by atoms with Gasteiger partial charge in [-0.15, -0.1) is 0 Å². The van der Waals surface area contributed by atoms with Crippen molar-refractivity contribution in [2.24, 2.45) is 0 Å². The summed E-state index contributed by atoms with van der Waals surface area (Å²) in [5, 5.41) is 0. The van der Waals surface area contributed by atoms with Crippen molar-refractivity contribution in [3.63, 3.8) is 0 Å². The monoisotopic (exact) mass is 379 g/mol. The molecule has 0 spiro atoms. The molecule has 1 aliphatic rings. The maximum absolute atomic E-state index is 12.1. The average Bonchev–Trinajstić information content (AvgIpc) is 2.35. The van der Waals surface area contributed by atoms with Crippen LogP contribution in [0.25, 0.3) is 0 Å². The Bertz CT molecular complexity index is 505. The quantitative estimate of drug-likeness (QED) is 0.579. The van der Waals surface area contributed by atoms with E-state index in [4.69, 9.17) is 4.74 Å². The summed E-state index contributed by atoms with van der Waals surface area (Å²) in [6.07, 6.45) is 1.39. The van der Waals surface area contributed by atoms with Gasteiger partial charge >= 0.3 is 29.6 Å². The molecule has 1 heterocycles. The topological polar surface area (TPSA) is 29.5 Å². The molecule has 1 aromatic rings. The van der Waals surface area contributed by atoms with Crippen LogP contribution in [0.1, 0.15) is 12.0 Å². The van der Waals surface area contributed by atoms with Crippen LogP contribution in [-0.4, -0.2) is 56.9 Å². The summed E-state index contributed by atoms with van der Waals surface area (Å²) in [4.78, 5) is 13.8. The zero-order valence-electron chi connectivity index (χ0n) is 12.4. The standard InChI is InChI=1S/C15H22BrNO2Si.Na.H/c1-20(2,3)9-8-19-11-17-14-6-5-13(16)10-12(14)4-7-15(17)18;;/h5-6,10H,4,7-9,11H2,1-3H3;;. The summed E-state index contributed by atoms with van der Waals surface area (Å²) in [7, 11) is -1.07. The number of hydrogen-bond acceptors (Lipinski definition) is 2. The van der Waals surface area contributed by atoms with Gasteiger partial charge < -0.3 is 4.74 Å². The van der Waals surface area contributed by atoms with Gasteiger partial charge in [-0.25, -0.2) is 0 Å². The van der Waals surface area contributed by atoms with Gasteiger partial charge in [-0.2, -0.15) is 0 Å². The third-order valence-corrected chi connectivity index (χ3v) is 5.66. The first kappa shape index (κ1) is 19.4. The summed E-state index contributed by atoms with van der Waals surface area (Å²) in [5.74, 6) is 0.160. The number of benzene rings is 1. The van der Waals surface area contributed by atoms with E-state index in [-0.39, 0.29) is 35.5 Å². The van der Waals surface area contributed by atoms with Crippen LogP contribution in [0, 0.1) is 0 Å². The second-order valence-corrected chi connectivity index (χ2v) is 13.0. The Morgan fingerprint density at radius 1 is 1.29 bits per heavy atom. The zero-order chi connectivity index (χ0) is 14.8. The third kappa shape index (κ3) is 5.81. The van der Waals surface area contributed by atoms with Crippen LogP contribution in [-0.2, 0) is 16.0 Å². The van der Waals surface area contributed by atoms with Crippen molar-refractivity contribution in [3.8, 4) is 0 Å². The Morgan fingerprint density at radius 3 is 2.67 bits per heavy atom. The minimum atomic E-state index is -1.07. The number of carbonyl (C=O) groups excluding carboxylic acids is 1. The van der Waals surface area contributed by atoms with Crippen molar-refractivity contribution in [2.75, 3.05) is 18.2 Å². The van der Waals surface area contributed by atoms with Crippen LogP contribution in [0.5, 0.6) is 0 Å². The fourth-order valence-corrected chi connectivity index (χ4v) is 3.37. The van der Waals surface area contributed by atoms with Crippen molar-refractivity contribution < 1.29 is 9.53 Å². The van der Waals surface area contributed by atoms with Crippen molar-refractivity contribution in [2.45, 2.75) is 38.5 Å². The maximum atomic E-state index is 12.1. The van der Waals surface area contributed by atoms with E-state index in [1.807, 2.05) is 12.1 Å². The molecule has 0 aliphatic carbocycles. The number of fused-ring (bicyclic) bond motifs is 1. The van der Waals surface area contributed by atoms with E-state index in [2.05, 4.69) is 41.6 Å². The first-order chi connectivity index (χ1) is 9.37. The molecule has 0 saturated heterocycles. The Balaban J connectivity index is 0.00000220. The molecule has 0 bridgehead atoms. The van der Waals surface area contributed by atoms with Crippen LogP contribution in [0.3, 0.4) is 0 Å². The van der Waals surface area contributed by atoms with Crippen molar-refractivity contribution in [1.29, 1.82) is 0 Å². The van der Waals surface area contributed by atoms with Crippen LogP contribution in [0.2, 0.25) is 25.7 Å². The first-order valence-electron chi connectivity index (χ1n) is 7.03. The fourth-order valence-electron chi connectivity index (χ4n) is 2.20. The Labute approximate surface area is 158 Å². The van der Waals surface area contributed by atoms with E-state index in [1.165, 1.54) is 5.56 Å². The van der Waals surface area contributed by atoms with Gasteiger partial charge in [0, 0.05) is 31.3 Å². The number of carbonyl (C=O) groups is 1. The van der Waals surface area contributed by atoms with Gasteiger partial charge in [0.1, 0.15) is 6.73 Å². The molecular weight excluding hydrogens is 357 g/mol. The molecule has 0 N–H and O–H groups in total. The summed E-state index contributed by atoms with van der Waals surface area (Å²) in [6.45, 7) is 8.10. The van der Waals surface area contributed by atoms with E-state index < -0.39 is 8.07 Å². The van der Waals surface area contributed by atoms with E-state index in [0.717, 1.165) is 29.2 Å². The van der Waals surface area contributed by atoms with Gasteiger partial charge in [0.05, 0.1) is 0 Å². The minimum absolute atomic E-state index is 0. The molecule has 21 heavy (non-hydrogen) atoms. The van der Waals surface area contributed by atoms with Crippen LogP contribution < -0.4 is 4.90 Å². The fraction of sp³-hybridized carbons (Fsp3) is 0.533. The van der Waals surface area contributed by atoms with E-state index in [1.54, 1.807) is 4.90 Å². The summed E-state index contributed by atoms with van der Waals surface area (Å²) in [5.41, 5.74) is 2.21. The molecule has 6 heteroatoms. The molecule has 0 atom stereocenters. The van der Waals surface area contributed by atoms with Crippen LogP contribution in [0.4, 0.5) is 5.69 Å². The Kier molecular flexibility index (Phi) is 7.64. The van der Waals surface area contributed by atoms with Gasteiger partial charge in [0.2, 0.25) is 5.91 Å². The molecule has 1 aliphatic heterocycles. The van der Waals surface area contributed by atoms with Crippen LogP contribution in [0.15, 0.2) is 22.7 Å². The number of aryl methyl sites for hydroxylation is 1. The number of amides is 1. The Hall–Kier alpha value is 0.347. The molecule has 1 aromatic carbocycles. The van der Waals surface area contributed by atoms with Gasteiger partial charge in [-0.1, -0.05) is 35.6 Å². The molecule has 0 aromatic heterocycles. The number of rotatable bonds is 5. The van der Waals surface area contributed by atoms with Crippen LogP contribution >= 0.6 is 15.9 Å². The molecule has 112 valence electrons. The number of ether oxygens (including phenoxy) is 1. The predicted molar refractivity (Wildman–Crippen MR) is 96.1 cm³/mol. The van der Waals surface area contributed by atoms with E-state index in [9.17, 15) is 4.79 Å². The number of nitrogens with zero attached hydrogens (tertiary/aromatic N) is 1. The normalized spacial score (nSPS) is 14.7. The number of halogens is 1. The first-order valence-corrected chi connectivity index (χ1v) is 11.5. The summed E-state index contributed by atoms with van der Waals surface area (Å²) in [6, 6.07) is 7.20. The van der Waals surface area contributed by atoms with Gasteiger partial charge in [-0.3, -0.25) is 9.69 Å². The SMILES string of the molecule is C[Si](C)(C)CCOCN1C(=O)CCc2cc(Br)ccc21.[NaH]. The zero-order valence-corrected chi connectivity index (χ0v) is 15.0. The molecular formula is C15H23BrNNaO2Si. The molecule has 0 saturated carbocycles. The third-order valence-electron chi connectivity index (χ3n) is 3.46. The van der Waals surface area contributed by atoms with Crippen molar-refractivity contribution in [3.05, 3.63) is 28.2 Å². The second-order valence-electron chi connectivity index (χ2n) is 6.44. The van der Waals surface area contributed by atoms with Gasteiger partial charge in [0.25, 0.3) is 0 Å². The van der Waals surface area contributed by atoms with Crippen molar-refractivity contribution in [1.82, 2.24) is 0 Å². The molecule has 1 amide bonds. The molecule has 0 unspecified atom stereocenters. The van der Waals surface area contributed by atoms with Gasteiger partial charge in [-0.05, 0) is 36.2 Å². The van der Waals surface area contributed by atoms with Crippen molar-refractivity contribution >= 4 is 65.2 Å². The molecule has 2 rings (SSSR count). The molecule has 0 radical (unpaired) electrons. The summed E-state index contributed by atoms with van der Waals surface area (Å²) < 4.78 is 6.80. The predicted octanol–water partition coefficient (Wildman–Crippen LogP) is 3.39. The average molecular weight is 380 g/mol. The van der Waals surface area contributed by atoms with Gasteiger partial charge in [0.15, 0.2) is 0 Å². The summed E-state index contributed by atoms with van der Waals surface area (Å²) >= 11 is 3.48. The number of anilines is 1. The molecule has 0 fully saturated rings. The van der Waals surface area contributed by atoms with E-state index >= 15 is 0 Å².